The molecule has 11 heteroatoms. The summed E-state index contributed by atoms with van der Waals surface area (Å²) in [5.74, 6) is -0.881. The summed E-state index contributed by atoms with van der Waals surface area (Å²) in [6.07, 6.45) is 31.0. The van der Waals surface area contributed by atoms with Crippen LogP contribution in [-0.4, -0.2) is 69.9 Å². The third kappa shape index (κ3) is 34.4. The van der Waals surface area contributed by atoms with E-state index in [1.54, 1.807) is 0 Å². The molecular weight excluding hydrogens is 671 g/mol. The Bertz CT molecular complexity index is 877. The van der Waals surface area contributed by atoms with Crippen LogP contribution in [0.25, 0.3) is 0 Å². The van der Waals surface area contributed by atoms with Crippen molar-refractivity contribution < 1.29 is 48.2 Å². The van der Waals surface area contributed by atoms with E-state index in [2.05, 4.69) is 30.5 Å². The van der Waals surface area contributed by atoms with Crippen molar-refractivity contribution in [1.29, 1.82) is 0 Å². The van der Waals surface area contributed by atoms with Crippen LogP contribution >= 0.6 is 7.82 Å². The molecule has 10 nitrogen and oxygen atoms in total. The van der Waals surface area contributed by atoms with E-state index in [9.17, 15) is 24.4 Å². The van der Waals surface area contributed by atoms with Gasteiger partial charge in [0, 0.05) is 12.8 Å². The molecule has 0 fully saturated rings. The number of phosphoric acid groups is 1. The van der Waals surface area contributed by atoms with Crippen molar-refractivity contribution in [3.63, 3.8) is 0 Å². The maximum absolute atomic E-state index is 13.2. The lowest BCUT2D eigenvalue weighted by Gasteiger charge is -2.26. The summed E-state index contributed by atoms with van der Waals surface area (Å²) >= 11 is 0. The van der Waals surface area contributed by atoms with Crippen molar-refractivity contribution in [1.82, 2.24) is 0 Å². The Morgan fingerprint density at radius 1 is 0.608 bits per heavy atom. The molecule has 302 valence electrons. The largest absolute Gasteiger partial charge is 0.469 e. The van der Waals surface area contributed by atoms with Gasteiger partial charge in [0.2, 0.25) is 0 Å². The fourth-order valence-corrected chi connectivity index (χ4v) is 6.44. The van der Waals surface area contributed by atoms with Gasteiger partial charge in [0.25, 0.3) is 0 Å². The molecule has 2 unspecified atom stereocenters. The van der Waals surface area contributed by atoms with Crippen molar-refractivity contribution in [2.45, 2.75) is 212 Å². The summed E-state index contributed by atoms with van der Waals surface area (Å²) < 4.78 is 26.4. The van der Waals surface area contributed by atoms with E-state index in [0.717, 1.165) is 57.8 Å². The number of esters is 1. The SMILES string of the molecule is CCCCCCCC/C=C\CCCCCCCC(=O)O[C@@H](CO)C(OCC(O)COP(=O)(O)O)C(=O)CCCCCCCCCCCCCCC. The van der Waals surface area contributed by atoms with E-state index in [4.69, 9.17) is 19.3 Å². The first-order valence-electron chi connectivity index (χ1n) is 20.6. The summed E-state index contributed by atoms with van der Waals surface area (Å²) in [7, 11) is -4.79. The first-order chi connectivity index (χ1) is 24.6. The Kier molecular flexibility index (Phi) is 35.1. The highest BCUT2D eigenvalue weighted by atomic mass is 31.2. The van der Waals surface area contributed by atoms with E-state index < -0.39 is 51.9 Å². The number of hydrogen-bond donors (Lipinski definition) is 4. The Hall–Kier alpha value is -1.13. The van der Waals surface area contributed by atoms with Crippen LogP contribution in [0.2, 0.25) is 0 Å². The highest BCUT2D eigenvalue weighted by molar-refractivity contribution is 7.46. The van der Waals surface area contributed by atoms with Gasteiger partial charge in [-0.25, -0.2) is 4.57 Å². The smallest absolute Gasteiger partial charge is 0.457 e. The predicted octanol–water partition coefficient (Wildman–Crippen LogP) is 9.83. The molecular formula is C40H77O10P. The zero-order valence-corrected chi connectivity index (χ0v) is 33.4. The van der Waals surface area contributed by atoms with Gasteiger partial charge in [0.1, 0.15) is 6.10 Å². The molecule has 0 aromatic rings. The van der Waals surface area contributed by atoms with Gasteiger partial charge in [-0.1, -0.05) is 154 Å². The van der Waals surface area contributed by atoms with Gasteiger partial charge in [0.05, 0.1) is 19.8 Å². The third-order valence-corrected chi connectivity index (χ3v) is 9.68. The number of ketones is 1. The van der Waals surface area contributed by atoms with Crippen molar-refractivity contribution in [2.24, 2.45) is 0 Å². The topological polar surface area (TPSA) is 160 Å². The normalized spacial score (nSPS) is 13.8. The molecule has 3 atom stereocenters. The Morgan fingerprint density at radius 3 is 1.45 bits per heavy atom. The van der Waals surface area contributed by atoms with Crippen molar-refractivity contribution in [2.75, 3.05) is 19.8 Å². The number of Topliss-reactive ketones (excluding diaryl/α,β-unsaturated/α-hetero) is 1. The number of rotatable bonds is 39. The van der Waals surface area contributed by atoms with Gasteiger partial charge in [-0.15, -0.1) is 0 Å². The molecule has 0 spiro atoms. The number of unbranched alkanes of at least 4 members (excludes halogenated alkanes) is 23. The maximum Gasteiger partial charge on any atom is 0.469 e. The Labute approximate surface area is 311 Å². The lowest BCUT2D eigenvalue weighted by Crippen LogP contribution is -2.43. The van der Waals surface area contributed by atoms with Crippen LogP contribution in [0.5, 0.6) is 0 Å². The minimum Gasteiger partial charge on any atom is -0.457 e. The molecule has 0 aromatic heterocycles. The molecule has 0 saturated heterocycles. The number of allylic oxidation sites excluding steroid dienone is 2. The summed E-state index contributed by atoms with van der Waals surface area (Å²) in [6, 6.07) is 0. The van der Waals surface area contributed by atoms with E-state index in [0.29, 0.717) is 12.8 Å². The monoisotopic (exact) mass is 749 g/mol. The number of ether oxygens (including phenoxy) is 2. The quantitative estimate of drug-likeness (QED) is 0.0206. The molecule has 4 N–H and O–H groups in total. The molecule has 0 radical (unpaired) electrons. The van der Waals surface area contributed by atoms with Crippen LogP contribution in [0.3, 0.4) is 0 Å². The summed E-state index contributed by atoms with van der Waals surface area (Å²) in [5.41, 5.74) is 0. The number of aliphatic hydroxyl groups excluding tert-OH is 2. The van der Waals surface area contributed by atoms with Gasteiger partial charge in [-0.3, -0.25) is 14.1 Å². The highest BCUT2D eigenvalue weighted by Gasteiger charge is 2.32. The molecule has 0 aliphatic rings. The molecule has 0 saturated carbocycles. The number of hydrogen-bond acceptors (Lipinski definition) is 8. The first-order valence-corrected chi connectivity index (χ1v) is 22.1. The van der Waals surface area contributed by atoms with Gasteiger partial charge in [-0.2, -0.15) is 0 Å². The van der Waals surface area contributed by atoms with Gasteiger partial charge < -0.3 is 29.5 Å². The van der Waals surface area contributed by atoms with E-state index in [1.807, 2.05) is 0 Å². The van der Waals surface area contributed by atoms with Gasteiger partial charge in [0.15, 0.2) is 18.0 Å². The fourth-order valence-electron chi connectivity index (χ4n) is 6.08. The van der Waals surface area contributed by atoms with Crippen LogP contribution in [0.1, 0.15) is 194 Å². The number of aliphatic hydroxyl groups is 2. The summed E-state index contributed by atoms with van der Waals surface area (Å²) in [4.78, 5) is 43.6. The third-order valence-electron chi connectivity index (χ3n) is 9.19. The van der Waals surface area contributed by atoms with E-state index in [-0.39, 0.29) is 18.6 Å². The molecule has 0 amide bonds. The molecule has 0 heterocycles. The average Bonchev–Trinajstić information content (AvgIpc) is 3.10. The van der Waals surface area contributed by atoms with E-state index in [1.165, 1.54) is 96.3 Å². The van der Waals surface area contributed by atoms with Crippen LogP contribution in [-0.2, 0) is 28.2 Å². The standard InChI is InChI=1S/C40H77O10P/c1-3-5-7-9-11-13-15-17-18-20-22-24-26-28-30-32-39(44)50-38(33-41)40(48-34-36(42)35-49-51(45,46)47)37(43)31-29-27-25-23-21-19-16-14-12-10-8-6-4-2/h17-18,36,38,40-42H,3-16,19-35H2,1-2H3,(H2,45,46,47)/b18-17-/t36?,38-,40?/m0/s1. The Balaban J connectivity index is 4.51. The van der Waals surface area contributed by atoms with Crippen molar-refractivity contribution >= 4 is 19.6 Å². The molecule has 0 aliphatic heterocycles. The van der Waals surface area contributed by atoms with Crippen molar-refractivity contribution in [3.05, 3.63) is 12.2 Å². The Morgan fingerprint density at radius 2 is 1.02 bits per heavy atom. The second kappa shape index (κ2) is 35.9. The second-order valence-corrected chi connectivity index (χ2v) is 15.4. The summed E-state index contributed by atoms with van der Waals surface area (Å²) in [6.45, 7) is 2.64. The minimum atomic E-state index is -4.79. The van der Waals surface area contributed by atoms with E-state index >= 15 is 0 Å². The predicted molar refractivity (Wildman–Crippen MR) is 205 cm³/mol. The average molecular weight is 749 g/mol. The van der Waals surface area contributed by atoms with Crippen LogP contribution in [0, 0.1) is 0 Å². The van der Waals surface area contributed by atoms with Gasteiger partial charge in [-0.05, 0) is 38.5 Å². The molecule has 0 aromatic carbocycles. The maximum atomic E-state index is 13.2. The van der Waals surface area contributed by atoms with Crippen LogP contribution < -0.4 is 0 Å². The highest BCUT2D eigenvalue weighted by Crippen LogP contribution is 2.35. The number of carbonyl (C=O) groups is 2. The molecule has 51 heavy (non-hydrogen) atoms. The number of carbonyl (C=O) groups excluding carboxylic acids is 2. The second-order valence-electron chi connectivity index (χ2n) is 14.2. The fraction of sp³-hybridized carbons (Fsp3) is 0.900. The van der Waals surface area contributed by atoms with Crippen LogP contribution in [0.15, 0.2) is 12.2 Å². The number of phosphoric ester groups is 1. The van der Waals surface area contributed by atoms with Gasteiger partial charge >= 0.3 is 13.8 Å². The zero-order chi connectivity index (χ0) is 37.8. The first kappa shape index (κ1) is 49.9. The lowest BCUT2D eigenvalue weighted by atomic mass is 10.0. The van der Waals surface area contributed by atoms with Crippen molar-refractivity contribution in [3.8, 4) is 0 Å². The molecule has 0 aliphatic carbocycles. The zero-order valence-electron chi connectivity index (χ0n) is 32.5. The molecule has 0 rings (SSSR count). The molecule has 0 bridgehead atoms. The summed E-state index contributed by atoms with van der Waals surface area (Å²) in [5, 5.41) is 20.2. The lowest BCUT2D eigenvalue weighted by molar-refractivity contribution is -0.168. The van der Waals surface area contributed by atoms with Crippen LogP contribution in [0.4, 0.5) is 0 Å². The minimum absolute atomic E-state index is 0.160.